The van der Waals surface area contributed by atoms with Crippen LogP contribution in [0.2, 0.25) is 5.02 Å². The fourth-order valence-electron chi connectivity index (χ4n) is 13.3. The normalized spacial score (nSPS) is 12.2. The van der Waals surface area contributed by atoms with E-state index in [1.165, 1.54) is 55.2 Å². The van der Waals surface area contributed by atoms with Gasteiger partial charge in [0.1, 0.15) is 46.3 Å². The first kappa shape index (κ1) is 93.7. The van der Waals surface area contributed by atoms with Crippen molar-refractivity contribution in [3.63, 3.8) is 0 Å². The number of thiophene rings is 1. The number of nitrogens with zero attached hydrogens (tertiary/aromatic N) is 14. The number of aromatic nitrogens is 12. The van der Waals surface area contributed by atoms with Gasteiger partial charge in [-0.15, -0.1) is 21.5 Å². The zero-order chi connectivity index (χ0) is 89.9. The summed E-state index contributed by atoms with van der Waals surface area (Å²) in [4.78, 5) is 152. The summed E-state index contributed by atoms with van der Waals surface area (Å²) in [6.07, 6.45) is 12.1. The largest absolute Gasteiger partial charge is 0.491 e. The van der Waals surface area contributed by atoms with Crippen LogP contribution < -0.4 is 57.9 Å². The Labute approximate surface area is 735 Å². The summed E-state index contributed by atoms with van der Waals surface area (Å²) in [5.74, 6) is -2.15. The number of carbonyl (C=O) groups excluding carboxylic acids is 10. The molecule has 42 heteroatoms. The Hall–Kier alpha value is -13.0. The number of anilines is 6. The van der Waals surface area contributed by atoms with Crippen molar-refractivity contribution >= 4 is 122 Å². The Bertz CT molecular complexity index is 5520. The van der Waals surface area contributed by atoms with E-state index < -0.39 is 47.4 Å². The number of hydrogen-bond acceptors (Lipinski definition) is 24. The molecule has 40 nitrogen and oxygen atoms in total. The highest BCUT2D eigenvalue weighted by atomic mass is 35.5. The smallest absolute Gasteiger partial charge is 0.291 e. The van der Waals surface area contributed by atoms with Gasteiger partial charge in [-0.05, 0) is 114 Å². The molecule has 0 radical (unpaired) electrons. The maximum Gasteiger partial charge on any atom is 0.291 e. The predicted octanol–water partition coefficient (Wildman–Crippen LogP) is 6.43. The molecule has 1 aliphatic rings. The second kappa shape index (κ2) is 45.6. The number of carbonyl (C=O) groups is 10. The minimum absolute atomic E-state index is 0.0306. The van der Waals surface area contributed by atoms with Crippen LogP contribution in [0, 0.1) is 20.8 Å². The van der Waals surface area contributed by atoms with Crippen molar-refractivity contribution in [1.82, 2.24) is 83.3 Å². The highest BCUT2D eigenvalue weighted by molar-refractivity contribution is 7.15. The van der Waals surface area contributed by atoms with Gasteiger partial charge in [-0.1, -0.05) is 23.7 Å². The van der Waals surface area contributed by atoms with Crippen LogP contribution in [0.4, 0.5) is 34.4 Å². The molecule has 670 valence electrons. The van der Waals surface area contributed by atoms with Crippen LogP contribution in [-0.2, 0) is 85.1 Å². The number of hydrogen-bond donors (Lipinski definition) is 10. The van der Waals surface area contributed by atoms with Crippen LogP contribution in [-0.4, -0.2) is 246 Å². The lowest BCUT2D eigenvalue weighted by Crippen LogP contribution is -2.31. The molecule has 9 heterocycles. The molecule has 10 aromatic rings. The highest BCUT2D eigenvalue weighted by Crippen LogP contribution is 2.40. The van der Waals surface area contributed by atoms with Crippen LogP contribution >= 0.6 is 22.9 Å². The van der Waals surface area contributed by atoms with Crippen molar-refractivity contribution < 1.29 is 76.4 Å². The van der Waals surface area contributed by atoms with Gasteiger partial charge in [-0.3, -0.25) is 57.5 Å². The zero-order valence-corrected chi connectivity index (χ0v) is 73.4. The number of imidazole rings is 3. The van der Waals surface area contributed by atoms with Gasteiger partial charge >= 0.3 is 0 Å². The minimum Gasteiger partial charge on any atom is -0.491 e. The summed E-state index contributed by atoms with van der Waals surface area (Å²) in [6.45, 7) is 12.3. The van der Waals surface area contributed by atoms with E-state index in [0.29, 0.717) is 131 Å². The zero-order valence-electron chi connectivity index (χ0n) is 71.8. The molecule has 1 atom stereocenters. The molecule has 11 rings (SSSR count). The molecular formula is C84H105ClN24O16S. The van der Waals surface area contributed by atoms with Crippen molar-refractivity contribution in [1.29, 1.82) is 0 Å². The molecule has 10 N–H and O–H groups in total. The second-order valence-corrected chi connectivity index (χ2v) is 31.2. The van der Waals surface area contributed by atoms with Gasteiger partial charge in [0.15, 0.2) is 23.3 Å². The van der Waals surface area contributed by atoms with Gasteiger partial charge < -0.3 is 114 Å². The molecule has 0 spiro atoms. The Morgan fingerprint density at radius 1 is 0.468 bits per heavy atom. The number of aliphatic imine (C=N–C) groups is 1. The van der Waals surface area contributed by atoms with Crippen molar-refractivity contribution in [2.24, 2.45) is 47.3 Å². The summed E-state index contributed by atoms with van der Waals surface area (Å²) in [7, 11) is 11.7. The van der Waals surface area contributed by atoms with Crippen molar-refractivity contribution in [3.8, 4) is 10.8 Å². The molecule has 0 aliphatic carbocycles. The maximum absolute atomic E-state index is 13.6. The van der Waals surface area contributed by atoms with Crippen LogP contribution in [0.25, 0.3) is 5.00 Å². The highest BCUT2D eigenvalue weighted by Gasteiger charge is 2.33. The molecule has 2 aromatic carbocycles. The lowest BCUT2D eigenvalue weighted by atomic mass is 9.99. The molecule has 8 aromatic heterocycles. The van der Waals surface area contributed by atoms with Crippen molar-refractivity contribution in [2.45, 2.75) is 65.3 Å². The number of nitrogens with one attached hydrogen (secondary N) is 10. The van der Waals surface area contributed by atoms with E-state index in [9.17, 15) is 47.9 Å². The van der Waals surface area contributed by atoms with E-state index in [1.807, 2.05) is 42.8 Å². The third kappa shape index (κ3) is 26.5. The van der Waals surface area contributed by atoms with E-state index in [-0.39, 0.29) is 109 Å². The molecule has 10 amide bonds. The number of halogens is 1. The molecule has 0 bridgehead atoms. The SMILES string of the molecule is Cc1sc2c(c1C)C(c1ccc(Cl)cc1)=N[C@@H](CC(=O)Nc1ccc(OCCOCCOCCOCCOCCOCCC(=O)NCCCN(C)CCCNC(=O)c3cc(NC(=O)c4nc(NC(=O)CCNC(=O)c5cc(NC(=O)c6nc(NC(=O)CCNC(=O)c7cc(NC(=O)c8nccn8C)cn7C)cn6C)cn5C)cn4C)cn3C)cc1)c1nnc(C)n1-2. The number of ether oxygens (including phenoxy) is 6. The number of aryl methyl sites for hydroxylation is 8. The summed E-state index contributed by atoms with van der Waals surface area (Å²) in [6, 6.07) is 18.6. The van der Waals surface area contributed by atoms with E-state index in [0.717, 1.165) is 51.1 Å². The fraction of sp³-hybridized carbons (Fsp3) is 0.405. The Morgan fingerprint density at radius 2 is 0.937 bits per heavy atom. The lowest BCUT2D eigenvalue weighted by molar-refractivity contribution is -0.122. The number of amides is 10. The quantitative estimate of drug-likeness (QED) is 0.0184. The molecule has 0 saturated carbocycles. The molecule has 126 heavy (non-hydrogen) atoms. The third-order valence-electron chi connectivity index (χ3n) is 19.9. The van der Waals surface area contributed by atoms with Gasteiger partial charge in [-0.2, -0.15) is 0 Å². The first-order valence-electron chi connectivity index (χ1n) is 40.8. The van der Waals surface area contributed by atoms with Gasteiger partial charge in [0, 0.05) is 158 Å². The Kier molecular flexibility index (Phi) is 33.9. The number of benzene rings is 2. The third-order valence-corrected chi connectivity index (χ3v) is 21.3. The molecule has 1 aliphatic heterocycles. The molecule has 0 fully saturated rings. The average Bonchev–Trinajstić information content (AvgIpc) is 1.59. The first-order valence-corrected chi connectivity index (χ1v) is 42.0. The number of fused-ring (bicyclic) bond motifs is 3. The minimum atomic E-state index is -0.643. The predicted molar refractivity (Wildman–Crippen MR) is 470 cm³/mol. The van der Waals surface area contributed by atoms with E-state index >= 15 is 0 Å². The van der Waals surface area contributed by atoms with E-state index in [1.54, 1.807) is 112 Å². The molecule has 0 saturated heterocycles. The fourth-order valence-corrected chi connectivity index (χ4v) is 14.6. The second-order valence-electron chi connectivity index (χ2n) is 29.6. The first-order chi connectivity index (χ1) is 60.6. The van der Waals surface area contributed by atoms with Crippen LogP contribution in [0.5, 0.6) is 5.75 Å². The summed E-state index contributed by atoms with van der Waals surface area (Å²) < 4.78 is 44.9. The van der Waals surface area contributed by atoms with Crippen molar-refractivity contribution in [2.75, 3.05) is 151 Å². The lowest BCUT2D eigenvalue weighted by Gasteiger charge is -2.17. The average molecular weight is 1770 g/mol. The van der Waals surface area contributed by atoms with Gasteiger partial charge in [0.05, 0.1) is 95.3 Å². The van der Waals surface area contributed by atoms with E-state index in [2.05, 4.69) is 97.1 Å². The van der Waals surface area contributed by atoms with Crippen molar-refractivity contribution in [3.05, 3.63) is 183 Å². The van der Waals surface area contributed by atoms with Crippen LogP contribution in [0.15, 0.2) is 115 Å². The molecular weight excluding hydrogens is 1670 g/mol. The maximum atomic E-state index is 13.6. The van der Waals surface area contributed by atoms with Crippen LogP contribution in [0.1, 0.15) is 141 Å². The topological polar surface area (TPSA) is 461 Å². The molecule has 0 unspecified atom stereocenters. The van der Waals surface area contributed by atoms with E-state index in [4.69, 9.17) is 45.0 Å². The van der Waals surface area contributed by atoms with Gasteiger partial charge in [0.25, 0.3) is 35.4 Å². The Balaban J connectivity index is 0.461. The standard InChI is InChI=1S/C84H105ClN24O16S/c1-52-53(2)126-84-72(52)73(55-13-15-56(85)16-14-55)95-62(74-101-100-54(3)109(74)84)46-71(113)91-57-17-19-61(20-18-57)125-42-41-124-40-39-123-38-37-122-36-35-121-34-33-120-32-23-68(110)86-24-11-29-102(4)30-12-25-88-78(114)63-44-59(48-104(63)6)93-82(118)76-98-66(50-107(76)9)96-70(112)22-27-90-80(116)65-45-60(49-106(65)8)94-83(119)77-99-67(51-108(77)10)97-69(111)21-26-89-79(115)64-43-58(47-105(64)7)92-81(117)75-87-28-31-103(75)5/h13-20,28,31,43-45,47-51,62H,11-12,21-27,29-30,32-42,46H2,1-10H3,(H,86,110)(H,88,114)(H,89,115)(H,90,116)(H,91,113)(H,92,117)(H,93,118)(H,94,119)(H,96,112)(H,97,111)/t62-/m0/s1. The summed E-state index contributed by atoms with van der Waals surface area (Å²) >= 11 is 7.92. The Morgan fingerprint density at radius 3 is 1.43 bits per heavy atom. The monoisotopic (exact) mass is 1770 g/mol. The summed E-state index contributed by atoms with van der Waals surface area (Å²) in [5, 5.41) is 38.1. The summed E-state index contributed by atoms with van der Waals surface area (Å²) in [5.41, 5.74) is 6.09. The van der Waals surface area contributed by atoms with Gasteiger partial charge in [0.2, 0.25) is 35.3 Å². The number of rotatable bonds is 48. The van der Waals surface area contributed by atoms with Crippen LogP contribution in [0.3, 0.4) is 0 Å². The van der Waals surface area contributed by atoms with Gasteiger partial charge in [-0.25, -0.2) is 15.0 Å².